The summed E-state index contributed by atoms with van der Waals surface area (Å²) < 4.78 is 10.4. The van der Waals surface area contributed by atoms with E-state index in [1.807, 2.05) is 69.2 Å². The van der Waals surface area contributed by atoms with Gasteiger partial charge in [0.15, 0.2) is 0 Å². The summed E-state index contributed by atoms with van der Waals surface area (Å²) in [6, 6.07) is 12.4. The van der Waals surface area contributed by atoms with Gasteiger partial charge in [0.2, 0.25) is 11.6 Å². The quantitative estimate of drug-likeness (QED) is 0.499. The number of likely N-dealkylation sites (N-methyl/N-ethyl adjacent to an activating group) is 1. The smallest absolute Gasteiger partial charge is 0.417 e. The van der Waals surface area contributed by atoms with Crippen LogP contribution in [0.1, 0.15) is 41.2 Å². The van der Waals surface area contributed by atoms with Gasteiger partial charge in [-0.1, -0.05) is 50.2 Å². The maximum absolute atomic E-state index is 13.0. The molecule has 3 rings (SSSR count). The maximum Gasteiger partial charge on any atom is 0.417 e. The Kier molecular flexibility index (Phi) is 7.36. The maximum atomic E-state index is 13.0. The molecule has 1 heterocycles. The fraction of sp³-hybridized carbons (Fsp3) is 0.391. The molecular formula is C23H28N4O4. The summed E-state index contributed by atoms with van der Waals surface area (Å²) in [5.74, 6) is -0.663. The average Bonchev–Trinajstić information content (AvgIpc) is 3.20. The summed E-state index contributed by atoms with van der Waals surface area (Å²) in [5.41, 5.74) is 0.514. The van der Waals surface area contributed by atoms with Gasteiger partial charge in [-0.15, -0.1) is 4.98 Å². The molecule has 0 spiro atoms. The number of amides is 1. The van der Waals surface area contributed by atoms with Gasteiger partial charge >= 0.3 is 6.08 Å². The monoisotopic (exact) mass is 424 g/mol. The van der Waals surface area contributed by atoms with Crippen LogP contribution in [0.5, 0.6) is 6.08 Å². The second-order valence-corrected chi connectivity index (χ2v) is 8.08. The normalized spacial score (nSPS) is 12.3. The zero-order valence-corrected chi connectivity index (χ0v) is 18.3. The Labute approximate surface area is 181 Å². The Bertz CT molecular complexity index is 1040. The minimum Gasteiger partial charge on any atom is -0.447 e. The number of aromatic nitrogens is 2. The molecule has 1 N–H and O–H groups in total. The second kappa shape index (κ2) is 10.2. The van der Waals surface area contributed by atoms with E-state index in [1.165, 1.54) is 0 Å². The van der Waals surface area contributed by atoms with Gasteiger partial charge in [-0.2, -0.15) is 0 Å². The minimum absolute atomic E-state index is 0.0612. The van der Waals surface area contributed by atoms with Crippen LogP contribution in [0.4, 0.5) is 0 Å². The molecule has 31 heavy (non-hydrogen) atoms. The highest BCUT2D eigenvalue weighted by Crippen LogP contribution is 2.19. The summed E-state index contributed by atoms with van der Waals surface area (Å²) in [4.78, 5) is 32.1. The first-order valence-corrected chi connectivity index (χ1v) is 10.3. The molecule has 0 fully saturated rings. The van der Waals surface area contributed by atoms with Gasteiger partial charge in [-0.3, -0.25) is 14.1 Å². The van der Waals surface area contributed by atoms with Crippen LogP contribution >= 0.6 is 0 Å². The summed E-state index contributed by atoms with van der Waals surface area (Å²) in [6.45, 7) is 4.99. The van der Waals surface area contributed by atoms with E-state index in [0.29, 0.717) is 25.1 Å². The van der Waals surface area contributed by atoms with Crippen molar-refractivity contribution in [1.29, 1.82) is 0 Å². The fourth-order valence-corrected chi connectivity index (χ4v) is 3.20. The standard InChI is InChI=1S/C23H28N4O4/c1-15(2)14-19(20(28)21-25-23(31-26-21)30-13-12-27(3)4)24-22(29)18-11-7-9-16-8-5-6-10-17(16)18/h5-11,15,19H,12-14H2,1-4H3,(H,24,29). The summed E-state index contributed by atoms with van der Waals surface area (Å²) in [6.07, 6.45) is 0.384. The molecule has 0 saturated carbocycles. The minimum atomic E-state index is -0.779. The lowest BCUT2D eigenvalue weighted by molar-refractivity contribution is 0.0838. The van der Waals surface area contributed by atoms with Gasteiger partial charge in [-0.25, -0.2) is 0 Å². The average molecular weight is 425 g/mol. The van der Waals surface area contributed by atoms with Crippen molar-refractivity contribution in [3.8, 4) is 6.08 Å². The van der Waals surface area contributed by atoms with E-state index in [9.17, 15) is 9.59 Å². The van der Waals surface area contributed by atoms with Crippen molar-refractivity contribution in [2.75, 3.05) is 27.2 Å². The predicted octanol–water partition coefficient (Wildman–Crippen LogP) is 3.19. The number of Topliss-reactive ketones (excluding diaryl/α,β-unsaturated/α-hetero) is 1. The third kappa shape index (κ3) is 5.88. The molecule has 0 aliphatic rings. The summed E-state index contributed by atoms with van der Waals surface area (Å²) in [5, 5.41) is 8.40. The number of nitrogens with one attached hydrogen (secondary N) is 1. The van der Waals surface area contributed by atoms with Crippen LogP contribution in [0.3, 0.4) is 0 Å². The number of ether oxygens (including phenoxy) is 1. The summed E-state index contributed by atoms with van der Waals surface area (Å²) >= 11 is 0. The molecule has 3 aromatic rings. The lowest BCUT2D eigenvalue weighted by Crippen LogP contribution is -2.42. The van der Waals surface area contributed by atoms with Crippen molar-refractivity contribution >= 4 is 22.5 Å². The van der Waals surface area contributed by atoms with Crippen molar-refractivity contribution in [2.24, 2.45) is 5.92 Å². The van der Waals surface area contributed by atoms with Gasteiger partial charge in [0.25, 0.3) is 5.91 Å². The van der Waals surface area contributed by atoms with Gasteiger partial charge in [0.05, 0.1) is 6.04 Å². The number of benzene rings is 2. The van der Waals surface area contributed by atoms with E-state index in [4.69, 9.17) is 9.26 Å². The molecule has 0 bridgehead atoms. The van der Waals surface area contributed by atoms with Crippen molar-refractivity contribution in [1.82, 2.24) is 20.4 Å². The van der Waals surface area contributed by atoms with Crippen LogP contribution in [0.25, 0.3) is 10.8 Å². The Balaban J connectivity index is 1.76. The molecule has 164 valence electrons. The first kappa shape index (κ1) is 22.4. The lowest BCUT2D eigenvalue weighted by atomic mass is 9.98. The van der Waals surface area contributed by atoms with E-state index in [-0.39, 0.29) is 23.7 Å². The number of carbonyl (C=O) groups is 2. The SMILES string of the molecule is CC(C)CC(NC(=O)c1cccc2ccccc12)C(=O)c1noc(OCCN(C)C)n1. The zero-order chi connectivity index (χ0) is 22.4. The number of hydrogen-bond acceptors (Lipinski definition) is 7. The fourth-order valence-electron chi connectivity index (χ4n) is 3.20. The van der Waals surface area contributed by atoms with Crippen LogP contribution in [0, 0.1) is 5.92 Å². The largest absolute Gasteiger partial charge is 0.447 e. The van der Waals surface area contributed by atoms with Crippen LogP contribution in [-0.2, 0) is 0 Å². The molecule has 1 unspecified atom stereocenters. The van der Waals surface area contributed by atoms with Crippen LogP contribution in [0.15, 0.2) is 47.0 Å². The first-order chi connectivity index (χ1) is 14.8. The molecule has 2 aromatic carbocycles. The molecule has 1 atom stereocenters. The molecule has 0 aliphatic heterocycles. The molecule has 0 radical (unpaired) electrons. The van der Waals surface area contributed by atoms with Crippen molar-refractivity contribution in [3.05, 3.63) is 53.9 Å². The second-order valence-electron chi connectivity index (χ2n) is 8.08. The van der Waals surface area contributed by atoms with Crippen molar-refractivity contribution in [2.45, 2.75) is 26.3 Å². The Hall–Kier alpha value is -3.26. The first-order valence-electron chi connectivity index (χ1n) is 10.3. The van der Waals surface area contributed by atoms with Gasteiger partial charge in [0, 0.05) is 12.1 Å². The zero-order valence-electron chi connectivity index (χ0n) is 18.3. The number of fused-ring (bicyclic) bond motifs is 1. The molecule has 1 aromatic heterocycles. The van der Waals surface area contributed by atoms with Gasteiger partial charge < -0.3 is 15.0 Å². The molecule has 0 saturated heterocycles. The van der Waals surface area contributed by atoms with Crippen LogP contribution < -0.4 is 10.1 Å². The Morgan fingerprint density at radius 1 is 1.13 bits per heavy atom. The van der Waals surface area contributed by atoms with E-state index in [1.54, 1.807) is 6.07 Å². The number of rotatable bonds is 10. The predicted molar refractivity (Wildman–Crippen MR) is 117 cm³/mol. The van der Waals surface area contributed by atoms with Crippen LogP contribution in [-0.4, -0.2) is 60.0 Å². The van der Waals surface area contributed by atoms with E-state index in [2.05, 4.69) is 15.5 Å². The molecular weight excluding hydrogens is 396 g/mol. The van der Waals surface area contributed by atoms with E-state index < -0.39 is 11.8 Å². The highest BCUT2D eigenvalue weighted by molar-refractivity contribution is 6.09. The van der Waals surface area contributed by atoms with Crippen LogP contribution in [0.2, 0.25) is 0 Å². The van der Waals surface area contributed by atoms with Crippen molar-refractivity contribution < 1.29 is 18.8 Å². The number of carbonyl (C=O) groups excluding carboxylic acids is 2. The Morgan fingerprint density at radius 3 is 2.61 bits per heavy atom. The Morgan fingerprint density at radius 2 is 1.87 bits per heavy atom. The third-order valence-corrected chi connectivity index (χ3v) is 4.76. The number of hydrogen-bond donors (Lipinski definition) is 1. The number of nitrogens with zero attached hydrogens (tertiary/aromatic N) is 3. The lowest BCUT2D eigenvalue weighted by Gasteiger charge is -2.18. The summed E-state index contributed by atoms with van der Waals surface area (Å²) in [7, 11) is 3.84. The van der Waals surface area contributed by atoms with Gasteiger partial charge in [0.1, 0.15) is 6.61 Å². The van der Waals surface area contributed by atoms with Gasteiger partial charge in [-0.05, 0) is 48.4 Å². The molecule has 8 heteroatoms. The molecule has 8 nitrogen and oxygen atoms in total. The molecule has 1 amide bonds. The van der Waals surface area contributed by atoms with Crippen molar-refractivity contribution in [3.63, 3.8) is 0 Å². The number of ketones is 1. The highest BCUT2D eigenvalue weighted by atomic mass is 16.6. The topological polar surface area (TPSA) is 97.6 Å². The molecule has 0 aliphatic carbocycles. The highest BCUT2D eigenvalue weighted by Gasteiger charge is 2.28. The third-order valence-electron chi connectivity index (χ3n) is 4.76. The van der Waals surface area contributed by atoms with E-state index >= 15 is 0 Å². The van der Waals surface area contributed by atoms with E-state index in [0.717, 1.165) is 10.8 Å².